The van der Waals surface area contributed by atoms with Gasteiger partial charge in [0.05, 0.1) is 6.20 Å². The zero-order chi connectivity index (χ0) is 18.3. The van der Waals surface area contributed by atoms with Gasteiger partial charge in [-0.05, 0) is 20.3 Å². The lowest BCUT2D eigenvalue weighted by atomic mass is 10.1. The fraction of sp³-hybridized carbons (Fsp3) is 0.765. The van der Waals surface area contributed by atoms with E-state index < -0.39 is 0 Å². The largest absolute Gasteiger partial charge is 0.339 e. The number of anilines is 1. The van der Waals surface area contributed by atoms with Crippen molar-refractivity contribution < 1.29 is 0 Å². The van der Waals surface area contributed by atoms with E-state index in [1.165, 1.54) is 32.6 Å². The summed E-state index contributed by atoms with van der Waals surface area (Å²) in [5, 5.41) is 16.9. The maximum Gasteiger partial charge on any atom is 0.227 e. The topological polar surface area (TPSA) is 71.1 Å². The number of piperazine rings is 1. The second-order valence-electron chi connectivity index (χ2n) is 7.71. The Morgan fingerprint density at radius 2 is 1.77 bits per heavy atom. The number of aryl methyl sites for hydroxylation is 1. The molecular weight excluding hydrogens is 330 g/mol. The Hall–Kier alpha value is -2.00. The smallest absolute Gasteiger partial charge is 0.227 e. The predicted octanol–water partition coefficient (Wildman–Crippen LogP) is 0.215. The van der Waals surface area contributed by atoms with Gasteiger partial charge in [-0.1, -0.05) is 5.21 Å². The van der Waals surface area contributed by atoms with Crippen LogP contribution in [-0.2, 0) is 14.1 Å². The van der Waals surface area contributed by atoms with Crippen molar-refractivity contribution >= 4 is 5.95 Å². The van der Waals surface area contributed by atoms with E-state index in [-0.39, 0.29) is 0 Å². The van der Waals surface area contributed by atoms with Gasteiger partial charge in [-0.15, -0.1) is 15.3 Å². The molecule has 2 saturated heterocycles. The molecule has 2 aliphatic heterocycles. The summed E-state index contributed by atoms with van der Waals surface area (Å²) in [5.74, 6) is 1.69. The van der Waals surface area contributed by atoms with Gasteiger partial charge in [0.15, 0.2) is 11.5 Å². The Balaban J connectivity index is 1.41. The van der Waals surface area contributed by atoms with Crippen molar-refractivity contribution in [1.29, 1.82) is 0 Å². The van der Waals surface area contributed by atoms with Crippen LogP contribution in [0, 0.1) is 0 Å². The van der Waals surface area contributed by atoms with E-state index in [0.29, 0.717) is 12.1 Å². The number of aromatic nitrogens is 6. The normalized spacial score (nSPS) is 22.7. The first kappa shape index (κ1) is 17.4. The van der Waals surface area contributed by atoms with Crippen LogP contribution in [0.1, 0.15) is 20.3 Å². The average Bonchev–Trinajstić information content (AvgIpc) is 3.34. The molecule has 0 N–H and O–H groups in total. The molecule has 2 aromatic rings. The number of hydrogen-bond acceptors (Lipinski definition) is 7. The van der Waals surface area contributed by atoms with Crippen LogP contribution >= 0.6 is 0 Å². The number of nitrogens with zero attached hydrogens (tertiary/aromatic N) is 9. The molecule has 0 aliphatic carbocycles. The van der Waals surface area contributed by atoms with E-state index in [2.05, 4.69) is 49.1 Å². The molecule has 4 rings (SSSR count). The molecule has 0 amide bonds. The molecule has 142 valence electrons. The molecule has 9 nitrogen and oxygen atoms in total. The predicted molar refractivity (Wildman–Crippen MR) is 99.9 cm³/mol. The molecular formula is C17H29N9. The zero-order valence-corrected chi connectivity index (χ0v) is 16.2. The molecule has 1 unspecified atom stereocenters. The molecule has 26 heavy (non-hydrogen) atoms. The van der Waals surface area contributed by atoms with E-state index in [0.717, 1.165) is 30.6 Å². The minimum Gasteiger partial charge on any atom is -0.339 e. The third-order valence-electron chi connectivity index (χ3n) is 5.73. The zero-order valence-electron chi connectivity index (χ0n) is 16.2. The van der Waals surface area contributed by atoms with Gasteiger partial charge in [0, 0.05) is 65.4 Å². The van der Waals surface area contributed by atoms with Crippen LogP contribution in [-0.4, -0.2) is 90.9 Å². The summed E-state index contributed by atoms with van der Waals surface area (Å²) in [6.45, 7) is 11.3. The molecule has 0 saturated carbocycles. The summed E-state index contributed by atoms with van der Waals surface area (Å²) in [5.41, 5.74) is 0.759. The van der Waals surface area contributed by atoms with Crippen LogP contribution in [0.4, 0.5) is 5.95 Å². The van der Waals surface area contributed by atoms with E-state index in [1.807, 2.05) is 24.9 Å². The molecule has 4 heterocycles. The van der Waals surface area contributed by atoms with Crippen LogP contribution in [0.3, 0.4) is 0 Å². The third kappa shape index (κ3) is 3.21. The molecule has 0 spiro atoms. The van der Waals surface area contributed by atoms with Crippen molar-refractivity contribution in [2.75, 3.05) is 44.2 Å². The van der Waals surface area contributed by atoms with Crippen molar-refractivity contribution in [3.05, 3.63) is 6.20 Å². The monoisotopic (exact) mass is 359 g/mol. The Bertz CT molecular complexity index is 741. The second-order valence-corrected chi connectivity index (χ2v) is 7.71. The van der Waals surface area contributed by atoms with Gasteiger partial charge in [-0.3, -0.25) is 19.0 Å². The third-order valence-corrected chi connectivity index (χ3v) is 5.73. The van der Waals surface area contributed by atoms with Crippen molar-refractivity contribution in [2.24, 2.45) is 14.1 Å². The Kier molecular flexibility index (Phi) is 4.66. The SMILES string of the molecule is CC(C)N1CCN(C2CCN(c3nnc(-c4cn(C)nn4)n3C)C2)CC1. The average molecular weight is 359 g/mol. The molecule has 9 heteroatoms. The fourth-order valence-electron chi connectivity index (χ4n) is 4.11. The summed E-state index contributed by atoms with van der Waals surface area (Å²) >= 11 is 0. The van der Waals surface area contributed by atoms with Gasteiger partial charge in [0.25, 0.3) is 0 Å². The van der Waals surface area contributed by atoms with Crippen LogP contribution in [0.2, 0.25) is 0 Å². The summed E-state index contributed by atoms with van der Waals surface area (Å²) in [6.07, 6.45) is 3.06. The Morgan fingerprint density at radius 3 is 2.42 bits per heavy atom. The van der Waals surface area contributed by atoms with Crippen molar-refractivity contribution in [3.8, 4) is 11.5 Å². The number of hydrogen-bond donors (Lipinski definition) is 0. The van der Waals surface area contributed by atoms with Crippen LogP contribution in [0.5, 0.6) is 0 Å². The summed E-state index contributed by atoms with van der Waals surface area (Å²) < 4.78 is 3.72. The standard InChI is InChI=1S/C17H29N9/c1-13(2)24-7-9-25(10-8-24)14-5-6-26(11-14)17-20-19-16(23(17)4)15-12-22(3)21-18-15/h12-14H,5-11H2,1-4H3. The highest BCUT2D eigenvalue weighted by Gasteiger charge is 2.32. The van der Waals surface area contributed by atoms with Gasteiger partial charge < -0.3 is 4.90 Å². The molecule has 2 aromatic heterocycles. The highest BCUT2D eigenvalue weighted by atomic mass is 15.5. The maximum atomic E-state index is 4.43. The highest BCUT2D eigenvalue weighted by Crippen LogP contribution is 2.25. The molecule has 2 aliphatic rings. The minimum atomic E-state index is 0.612. The first-order valence-electron chi connectivity index (χ1n) is 9.52. The summed E-state index contributed by atoms with van der Waals surface area (Å²) in [4.78, 5) is 7.57. The first-order chi connectivity index (χ1) is 12.5. The van der Waals surface area contributed by atoms with Gasteiger partial charge in [0.1, 0.15) is 0 Å². The van der Waals surface area contributed by atoms with E-state index in [1.54, 1.807) is 4.68 Å². The first-order valence-corrected chi connectivity index (χ1v) is 9.52. The number of rotatable bonds is 4. The van der Waals surface area contributed by atoms with Crippen molar-refractivity contribution in [3.63, 3.8) is 0 Å². The van der Waals surface area contributed by atoms with Crippen LogP contribution in [0.15, 0.2) is 6.20 Å². The lowest BCUT2D eigenvalue weighted by Gasteiger charge is -2.39. The van der Waals surface area contributed by atoms with Gasteiger partial charge in [0.2, 0.25) is 5.95 Å². The quantitative estimate of drug-likeness (QED) is 0.773. The molecule has 0 radical (unpaired) electrons. The Morgan fingerprint density at radius 1 is 1.00 bits per heavy atom. The van der Waals surface area contributed by atoms with E-state index in [9.17, 15) is 0 Å². The van der Waals surface area contributed by atoms with Gasteiger partial charge >= 0.3 is 0 Å². The van der Waals surface area contributed by atoms with E-state index >= 15 is 0 Å². The minimum absolute atomic E-state index is 0.612. The maximum absolute atomic E-state index is 4.43. The summed E-state index contributed by atoms with van der Waals surface area (Å²) in [6, 6.07) is 1.26. The van der Waals surface area contributed by atoms with Gasteiger partial charge in [-0.25, -0.2) is 0 Å². The lowest BCUT2D eigenvalue weighted by Crippen LogP contribution is -2.52. The fourth-order valence-corrected chi connectivity index (χ4v) is 4.11. The lowest BCUT2D eigenvalue weighted by molar-refractivity contribution is 0.0842. The highest BCUT2D eigenvalue weighted by molar-refractivity contribution is 5.51. The second kappa shape index (κ2) is 6.96. The molecule has 0 aromatic carbocycles. The van der Waals surface area contributed by atoms with E-state index in [4.69, 9.17) is 0 Å². The molecule has 1 atom stereocenters. The van der Waals surface area contributed by atoms with Crippen molar-refractivity contribution in [1.82, 2.24) is 39.6 Å². The summed E-state index contributed by atoms with van der Waals surface area (Å²) in [7, 11) is 3.87. The van der Waals surface area contributed by atoms with Crippen LogP contribution < -0.4 is 4.90 Å². The van der Waals surface area contributed by atoms with Crippen LogP contribution in [0.25, 0.3) is 11.5 Å². The molecule has 2 fully saturated rings. The van der Waals surface area contributed by atoms with Gasteiger partial charge in [-0.2, -0.15) is 0 Å². The Labute approximate surface area is 154 Å². The van der Waals surface area contributed by atoms with Crippen molar-refractivity contribution in [2.45, 2.75) is 32.4 Å². The molecule has 0 bridgehead atoms.